The zero-order chi connectivity index (χ0) is 19.1. The summed E-state index contributed by atoms with van der Waals surface area (Å²) in [5.74, 6) is 0.909. The molecule has 0 spiro atoms. The normalized spacial score (nSPS) is 15.2. The number of piperidine rings is 1. The number of ether oxygens (including phenoxy) is 1. The molecule has 1 fully saturated rings. The van der Waals surface area contributed by atoms with Gasteiger partial charge in [-0.1, -0.05) is 30.7 Å². The van der Waals surface area contributed by atoms with Crippen LogP contribution in [0.2, 0.25) is 0 Å². The molecule has 2 amide bonds. The average Bonchev–Trinajstić information content (AvgIpc) is 2.69. The van der Waals surface area contributed by atoms with Crippen molar-refractivity contribution >= 4 is 17.8 Å². The molecule has 3 rings (SSSR count). The summed E-state index contributed by atoms with van der Waals surface area (Å²) in [6.45, 7) is 5.65. The molecule has 1 unspecified atom stereocenters. The number of carbonyl (C=O) groups excluding carboxylic acids is 1. The number of likely N-dealkylation sites (tertiary alicyclic amines) is 1. The van der Waals surface area contributed by atoms with Crippen molar-refractivity contribution in [3.05, 3.63) is 59.9 Å². The van der Waals surface area contributed by atoms with E-state index >= 15 is 0 Å². The number of benzene rings is 1. The molecule has 0 bridgehead atoms. The summed E-state index contributed by atoms with van der Waals surface area (Å²) in [7, 11) is 0. The summed E-state index contributed by atoms with van der Waals surface area (Å²) < 4.78 is 5.90. The van der Waals surface area contributed by atoms with Crippen LogP contribution in [0.25, 0.3) is 6.08 Å². The monoisotopic (exact) mass is 365 g/mol. The predicted octanol–water partition coefficient (Wildman–Crippen LogP) is 4.97. The Kier molecular flexibility index (Phi) is 6.47. The number of amides is 2. The maximum Gasteiger partial charge on any atom is 0.321 e. The van der Waals surface area contributed by atoms with Crippen molar-refractivity contribution in [2.75, 3.05) is 18.4 Å². The molecule has 27 heavy (non-hydrogen) atoms. The quantitative estimate of drug-likeness (QED) is 0.814. The third-order valence-electron chi connectivity index (χ3n) is 4.75. The van der Waals surface area contributed by atoms with Gasteiger partial charge < -0.3 is 15.0 Å². The lowest BCUT2D eigenvalue weighted by Gasteiger charge is -2.28. The van der Waals surface area contributed by atoms with Crippen LogP contribution in [0.3, 0.4) is 0 Å². The number of carbonyl (C=O) groups is 1. The molecular weight excluding hydrogens is 338 g/mol. The highest BCUT2D eigenvalue weighted by Gasteiger charge is 2.19. The maximum atomic E-state index is 12.4. The van der Waals surface area contributed by atoms with Crippen LogP contribution in [0.4, 0.5) is 10.5 Å². The second kappa shape index (κ2) is 9.21. The number of hydrogen-bond acceptors (Lipinski definition) is 3. The van der Waals surface area contributed by atoms with Crippen LogP contribution in [0.5, 0.6) is 5.75 Å². The lowest BCUT2D eigenvalue weighted by molar-refractivity contribution is 0.208. The van der Waals surface area contributed by atoms with Gasteiger partial charge >= 0.3 is 6.03 Å². The largest absolute Gasteiger partial charge is 0.491 e. The van der Waals surface area contributed by atoms with Gasteiger partial charge in [0.1, 0.15) is 5.75 Å². The van der Waals surface area contributed by atoms with Gasteiger partial charge in [0.25, 0.3) is 0 Å². The zero-order valence-electron chi connectivity index (χ0n) is 16.0. The molecule has 0 saturated carbocycles. The standard InChI is InChI=1S/C22H27N3O2/c1-3-17(2)27-21-8-4-6-19(15-21)14-18-9-12-25(13-10-18)22(26)24-20-7-5-11-23-16-20/h4-8,11,14-17H,3,9-10,12-13H2,1-2H3,(H,24,26). The lowest BCUT2D eigenvalue weighted by Crippen LogP contribution is -2.39. The molecule has 0 radical (unpaired) electrons. The zero-order valence-corrected chi connectivity index (χ0v) is 16.0. The Balaban J connectivity index is 1.55. The topological polar surface area (TPSA) is 54.5 Å². The van der Waals surface area contributed by atoms with Crippen molar-refractivity contribution in [2.24, 2.45) is 0 Å². The Bertz CT molecular complexity index is 779. The Morgan fingerprint density at radius 1 is 1.30 bits per heavy atom. The summed E-state index contributed by atoms with van der Waals surface area (Å²) in [6.07, 6.45) is 8.54. The molecule has 5 nitrogen and oxygen atoms in total. The minimum Gasteiger partial charge on any atom is -0.491 e. The van der Waals surface area contributed by atoms with E-state index in [0.29, 0.717) is 0 Å². The minimum absolute atomic E-state index is 0.0639. The fourth-order valence-corrected chi connectivity index (χ4v) is 3.01. The highest BCUT2D eigenvalue weighted by atomic mass is 16.5. The van der Waals surface area contributed by atoms with E-state index in [4.69, 9.17) is 4.74 Å². The SMILES string of the molecule is CCC(C)Oc1cccc(C=C2CCN(C(=O)Nc3cccnc3)CC2)c1. The van der Waals surface area contributed by atoms with Gasteiger partial charge in [-0.05, 0) is 56.0 Å². The molecule has 5 heteroatoms. The molecule has 1 N–H and O–H groups in total. The van der Waals surface area contributed by atoms with Crippen LogP contribution in [0.15, 0.2) is 54.4 Å². The number of nitrogens with one attached hydrogen (secondary N) is 1. The first-order valence-corrected chi connectivity index (χ1v) is 9.56. The van der Waals surface area contributed by atoms with E-state index < -0.39 is 0 Å². The van der Waals surface area contributed by atoms with Crippen LogP contribution < -0.4 is 10.1 Å². The number of pyridine rings is 1. The molecular formula is C22H27N3O2. The predicted molar refractivity (Wildman–Crippen MR) is 109 cm³/mol. The Morgan fingerprint density at radius 3 is 2.81 bits per heavy atom. The Labute approximate surface area is 161 Å². The van der Waals surface area contributed by atoms with E-state index in [2.05, 4.69) is 42.4 Å². The van der Waals surface area contributed by atoms with Crippen molar-refractivity contribution in [1.82, 2.24) is 9.88 Å². The van der Waals surface area contributed by atoms with Crippen LogP contribution in [0, 0.1) is 0 Å². The van der Waals surface area contributed by atoms with Gasteiger partial charge in [-0.2, -0.15) is 0 Å². The number of aromatic nitrogens is 1. The molecule has 1 atom stereocenters. The van der Waals surface area contributed by atoms with Crippen LogP contribution in [-0.2, 0) is 0 Å². The highest BCUT2D eigenvalue weighted by molar-refractivity contribution is 5.89. The summed E-state index contributed by atoms with van der Waals surface area (Å²) >= 11 is 0. The highest BCUT2D eigenvalue weighted by Crippen LogP contribution is 2.23. The van der Waals surface area contributed by atoms with Crippen molar-refractivity contribution in [1.29, 1.82) is 0 Å². The van der Waals surface area contributed by atoms with Crippen molar-refractivity contribution in [3.8, 4) is 5.75 Å². The number of anilines is 1. The van der Waals surface area contributed by atoms with Gasteiger partial charge in [-0.25, -0.2) is 4.79 Å². The number of hydrogen-bond donors (Lipinski definition) is 1. The molecule has 1 aromatic heterocycles. The lowest BCUT2D eigenvalue weighted by atomic mass is 10.0. The minimum atomic E-state index is -0.0639. The fraction of sp³-hybridized carbons (Fsp3) is 0.364. The third-order valence-corrected chi connectivity index (χ3v) is 4.75. The van der Waals surface area contributed by atoms with Crippen LogP contribution >= 0.6 is 0 Å². The molecule has 1 aliphatic heterocycles. The summed E-state index contributed by atoms with van der Waals surface area (Å²) in [5.41, 5.74) is 3.24. The second-order valence-electron chi connectivity index (χ2n) is 6.87. The van der Waals surface area contributed by atoms with Crippen molar-refractivity contribution < 1.29 is 9.53 Å². The van der Waals surface area contributed by atoms with Gasteiger partial charge in [-0.3, -0.25) is 4.98 Å². The summed E-state index contributed by atoms with van der Waals surface area (Å²) in [6, 6.07) is 11.8. The first kappa shape index (κ1) is 19.0. The van der Waals surface area contributed by atoms with Gasteiger partial charge in [-0.15, -0.1) is 0 Å². The second-order valence-corrected chi connectivity index (χ2v) is 6.87. The first-order chi connectivity index (χ1) is 13.1. The van der Waals surface area contributed by atoms with Gasteiger partial charge in [0.2, 0.25) is 0 Å². The van der Waals surface area contributed by atoms with E-state index in [1.165, 1.54) is 5.57 Å². The van der Waals surface area contributed by atoms with E-state index in [0.717, 1.165) is 49.4 Å². The average molecular weight is 365 g/mol. The van der Waals surface area contributed by atoms with Crippen molar-refractivity contribution in [3.63, 3.8) is 0 Å². The van der Waals surface area contributed by atoms with Crippen LogP contribution in [0.1, 0.15) is 38.7 Å². The smallest absolute Gasteiger partial charge is 0.321 e. The van der Waals surface area contributed by atoms with E-state index in [9.17, 15) is 4.79 Å². The van der Waals surface area contributed by atoms with E-state index in [1.807, 2.05) is 29.2 Å². The third kappa shape index (κ3) is 5.58. The first-order valence-electron chi connectivity index (χ1n) is 9.56. The molecule has 2 aromatic rings. The van der Waals surface area contributed by atoms with Gasteiger partial charge in [0, 0.05) is 19.3 Å². The van der Waals surface area contributed by atoms with Crippen molar-refractivity contribution in [2.45, 2.75) is 39.2 Å². The summed E-state index contributed by atoms with van der Waals surface area (Å²) in [5, 5.41) is 2.90. The number of urea groups is 1. The summed E-state index contributed by atoms with van der Waals surface area (Å²) in [4.78, 5) is 18.2. The van der Waals surface area contributed by atoms with Crippen LogP contribution in [-0.4, -0.2) is 35.1 Å². The van der Waals surface area contributed by atoms with Gasteiger partial charge in [0.05, 0.1) is 18.0 Å². The molecule has 1 aromatic carbocycles. The molecule has 2 heterocycles. The molecule has 1 aliphatic rings. The number of nitrogens with zero attached hydrogens (tertiary/aromatic N) is 2. The van der Waals surface area contributed by atoms with E-state index in [1.54, 1.807) is 12.4 Å². The van der Waals surface area contributed by atoms with E-state index in [-0.39, 0.29) is 12.1 Å². The molecule has 142 valence electrons. The Morgan fingerprint density at radius 2 is 2.11 bits per heavy atom. The van der Waals surface area contributed by atoms with Gasteiger partial charge in [0.15, 0.2) is 0 Å². The fourth-order valence-electron chi connectivity index (χ4n) is 3.01. The maximum absolute atomic E-state index is 12.4. The number of rotatable bonds is 5. The Hall–Kier alpha value is -2.82. The molecule has 1 saturated heterocycles. The molecule has 0 aliphatic carbocycles.